The second kappa shape index (κ2) is 7.23. The van der Waals surface area contributed by atoms with E-state index in [-0.39, 0.29) is 11.4 Å². The van der Waals surface area contributed by atoms with Gasteiger partial charge in [0, 0.05) is 25.7 Å². The molecule has 1 aromatic carbocycles. The number of halogens is 2. The molecule has 27 heavy (non-hydrogen) atoms. The van der Waals surface area contributed by atoms with Gasteiger partial charge in [-0.2, -0.15) is 0 Å². The zero-order chi connectivity index (χ0) is 19.0. The molecule has 6 nitrogen and oxygen atoms in total. The second-order valence-electron chi connectivity index (χ2n) is 6.87. The number of aryl methyl sites for hydroxylation is 1. The monoisotopic (exact) mass is 387 g/mol. The zero-order valence-corrected chi connectivity index (χ0v) is 15.7. The van der Waals surface area contributed by atoms with Crippen LogP contribution in [0, 0.1) is 18.7 Å². The maximum absolute atomic E-state index is 13.4. The first-order valence-corrected chi connectivity index (χ1v) is 9.28. The molecule has 3 heterocycles. The average molecular weight is 388 g/mol. The Kier molecular flexibility index (Phi) is 4.78. The third-order valence-corrected chi connectivity index (χ3v) is 5.25. The third-order valence-electron chi connectivity index (χ3n) is 5.05. The highest BCUT2D eigenvalue weighted by atomic mass is 35.5. The highest BCUT2D eigenvalue weighted by molar-refractivity contribution is 6.30. The molecular formula is C19H19ClFN5O. The van der Waals surface area contributed by atoms with E-state index < -0.39 is 0 Å². The van der Waals surface area contributed by atoms with E-state index in [1.807, 2.05) is 0 Å². The molecule has 1 saturated heterocycles. The first-order chi connectivity index (χ1) is 13.0. The minimum absolute atomic E-state index is 0.110. The van der Waals surface area contributed by atoms with E-state index in [0.717, 1.165) is 25.9 Å². The normalized spacial score (nSPS) is 15.4. The maximum Gasteiger partial charge on any atom is 0.261 e. The standard InChI is InChI=1S/C19H19ClFN5O/c1-12-24-17-8-15(21)2-3-16(17)18(27)26(12)11-13-4-6-25(7-5-13)19-22-9-14(20)10-23-19/h2-3,8-10,13H,4-7,11H2,1H3. The molecule has 4 rings (SSSR count). The number of hydrogen-bond acceptors (Lipinski definition) is 5. The van der Waals surface area contributed by atoms with Crippen LogP contribution in [0.15, 0.2) is 35.4 Å². The molecule has 0 aliphatic carbocycles. The van der Waals surface area contributed by atoms with Gasteiger partial charge in [-0.1, -0.05) is 11.6 Å². The fourth-order valence-corrected chi connectivity index (χ4v) is 3.66. The number of benzene rings is 1. The highest BCUT2D eigenvalue weighted by Gasteiger charge is 2.22. The van der Waals surface area contributed by atoms with Crippen LogP contribution in [0.25, 0.3) is 10.9 Å². The van der Waals surface area contributed by atoms with Crippen LogP contribution < -0.4 is 10.5 Å². The Hall–Kier alpha value is -2.54. The number of rotatable bonds is 3. The summed E-state index contributed by atoms with van der Waals surface area (Å²) in [6, 6.07) is 4.12. The lowest BCUT2D eigenvalue weighted by Crippen LogP contribution is -2.37. The number of piperidine rings is 1. The van der Waals surface area contributed by atoms with Gasteiger partial charge in [0.1, 0.15) is 11.6 Å². The predicted octanol–water partition coefficient (Wildman–Crippen LogP) is 3.20. The van der Waals surface area contributed by atoms with Crippen LogP contribution in [0.3, 0.4) is 0 Å². The van der Waals surface area contributed by atoms with Gasteiger partial charge in [-0.05, 0) is 37.8 Å². The second-order valence-corrected chi connectivity index (χ2v) is 7.30. The molecule has 2 aromatic heterocycles. The van der Waals surface area contributed by atoms with Crippen molar-refractivity contribution in [2.75, 3.05) is 18.0 Å². The fourth-order valence-electron chi connectivity index (χ4n) is 3.56. The molecule has 0 atom stereocenters. The molecule has 1 fully saturated rings. The van der Waals surface area contributed by atoms with Crippen molar-refractivity contribution in [2.45, 2.75) is 26.3 Å². The molecule has 3 aromatic rings. The van der Waals surface area contributed by atoms with Crippen molar-refractivity contribution in [1.82, 2.24) is 19.5 Å². The molecule has 0 bridgehead atoms. The van der Waals surface area contributed by atoms with Crippen molar-refractivity contribution in [1.29, 1.82) is 0 Å². The number of fused-ring (bicyclic) bond motifs is 1. The van der Waals surface area contributed by atoms with Gasteiger partial charge < -0.3 is 4.90 Å². The van der Waals surface area contributed by atoms with Gasteiger partial charge in [0.15, 0.2) is 0 Å². The molecule has 140 valence electrons. The first kappa shape index (κ1) is 17.9. The predicted molar refractivity (Wildman–Crippen MR) is 103 cm³/mol. The summed E-state index contributed by atoms with van der Waals surface area (Å²) < 4.78 is 15.1. The van der Waals surface area contributed by atoms with E-state index in [1.165, 1.54) is 18.2 Å². The lowest BCUT2D eigenvalue weighted by atomic mass is 9.96. The molecule has 0 radical (unpaired) electrons. The lowest BCUT2D eigenvalue weighted by Gasteiger charge is -2.32. The summed E-state index contributed by atoms with van der Waals surface area (Å²) in [5.41, 5.74) is 0.296. The van der Waals surface area contributed by atoms with Crippen molar-refractivity contribution >= 4 is 28.5 Å². The maximum atomic E-state index is 13.4. The molecule has 1 aliphatic rings. The molecule has 0 saturated carbocycles. The van der Waals surface area contributed by atoms with Gasteiger partial charge in [0.25, 0.3) is 5.56 Å². The van der Waals surface area contributed by atoms with Crippen molar-refractivity contribution in [3.05, 3.63) is 57.6 Å². The third kappa shape index (κ3) is 3.64. The van der Waals surface area contributed by atoms with E-state index in [0.29, 0.717) is 40.2 Å². The molecule has 0 unspecified atom stereocenters. The van der Waals surface area contributed by atoms with Crippen LogP contribution in [-0.2, 0) is 6.54 Å². The molecule has 8 heteroatoms. The minimum atomic E-state index is -0.386. The van der Waals surface area contributed by atoms with E-state index in [1.54, 1.807) is 23.9 Å². The smallest absolute Gasteiger partial charge is 0.261 e. The Balaban J connectivity index is 1.50. The van der Waals surface area contributed by atoms with Gasteiger partial charge in [-0.25, -0.2) is 19.3 Å². The van der Waals surface area contributed by atoms with Crippen LogP contribution in [0.4, 0.5) is 10.3 Å². The number of nitrogens with zero attached hydrogens (tertiary/aromatic N) is 5. The summed E-state index contributed by atoms with van der Waals surface area (Å²) in [7, 11) is 0. The van der Waals surface area contributed by atoms with Crippen LogP contribution in [0.1, 0.15) is 18.7 Å². The summed E-state index contributed by atoms with van der Waals surface area (Å²) in [4.78, 5) is 27.9. The van der Waals surface area contributed by atoms with Crippen LogP contribution >= 0.6 is 11.6 Å². The Morgan fingerprint density at radius 2 is 1.93 bits per heavy atom. The molecule has 0 amide bonds. The molecular weight excluding hydrogens is 369 g/mol. The quantitative estimate of drug-likeness (QED) is 0.690. The summed E-state index contributed by atoms with van der Waals surface area (Å²) >= 11 is 5.84. The van der Waals surface area contributed by atoms with Crippen LogP contribution in [0.2, 0.25) is 5.02 Å². The van der Waals surface area contributed by atoms with E-state index in [9.17, 15) is 9.18 Å². The van der Waals surface area contributed by atoms with Crippen molar-refractivity contribution in [3.8, 4) is 0 Å². The minimum Gasteiger partial charge on any atom is -0.341 e. The Morgan fingerprint density at radius 1 is 1.22 bits per heavy atom. The first-order valence-electron chi connectivity index (χ1n) is 8.90. The van der Waals surface area contributed by atoms with E-state index in [4.69, 9.17) is 11.6 Å². The summed E-state index contributed by atoms with van der Waals surface area (Å²) in [5, 5.41) is 0.973. The number of anilines is 1. The Morgan fingerprint density at radius 3 is 2.63 bits per heavy atom. The van der Waals surface area contributed by atoms with Gasteiger partial charge in [-0.15, -0.1) is 0 Å². The van der Waals surface area contributed by atoms with E-state index in [2.05, 4.69) is 19.9 Å². The van der Waals surface area contributed by atoms with E-state index >= 15 is 0 Å². The SMILES string of the molecule is Cc1nc2cc(F)ccc2c(=O)n1CC1CCN(c2ncc(Cl)cn2)CC1. The average Bonchev–Trinajstić information content (AvgIpc) is 2.66. The Bertz CT molecular complexity index is 1030. The summed E-state index contributed by atoms with van der Waals surface area (Å²) in [6.45, 7) is 4.06. The fraction of sp³-hybridized carbons (Fsp3) is 0.368. The zero-order valence-electron chi connectivity index (χ0n) is 14.9. The summed E-state index contributed by atoms with van der Waals surface area (Å²) in [5.74, 6) is 1.27. The molecule has 0 N–H and O–H groups in total. The largest absolute Gasteiger partial charge is 0.341 e. The van der Waals surface area contributed by atoms with Gasteiger partial charge >= 0.3 is 0 Å². The van der Waals surface area contributed by atoms with Gasteiger partial charge in [0.2, 0.25) is 5.95 Å². The Labute approximate surface area is 160 Å². The van der Waals surface area contributed by atoms with Crippen LogP contribution in [-0.4, -0.2) is 32.6 Å². The highest BCUT2D eigenvalue weighted by Crippen LogP contribution is 2.22. The topological polar surface area (TPSA) is 63.9 Å². The number of hydrogen-bond donors (Lipinski definition) is 0. The van der Waals surface area contributed by atoms with Crippen LogP contribution in [0.5, 0.6) is 0 Å². The van der Waals surface area contributed by atoms with Gasteiger partial charge in [0.05, 0.1) is 28.3 Å². The number of aromatic nitrogens is 4. The lowest BCUT2D eigenvalue weighted by molar-refractivity contribution is 0.347. The molecule has 1 aliphatic heterocycles. The molecule has 0 spiro atoms. The summed E-state index contributed by atoms with van der Waals surface area (Å²) in [6.07, 6.45) is 5.06. The van der Waals surface area contributed by atoms with Gasteiger partial charge in [-0.3, -0.25) is 9.36 Å². The van der Waals surface area contributed by atoms with Crippen molar-refractivity contribution < 1.29 is 4.39 Å². The van der Waals surface area contributed by atoms with Crippen molar-refractivity contribution in [2.24, 2.45) is 5.92 Å². The van der Waals surface area contributed by atoms with Crippen molar-refractivity contribution in [3.63, 3.8) is 0 Å².